The smallest absolute Gasteiger partial charge is 0.220 e. The third kappa shape index (κ3) is 19.1. The summed E-state index contributed by atoms with van der Waals surface area (Å²) in [7, 11) is 0. The first-order valence-electron chi connectivity index (χ1n) is 24.4. The lowest BCUT2D eigenvalue weighted by atomic mass is 9.96. The van der Waals surface area contributed by atoms with E-state index >= 15 is 0 Å². The van der Waals surface area contributed by atoms with Crippen molar-refractivity contribution in [2.45, 2.75) is 247 Å². The van der Waals surface area contributed by atoms with Crippen LogP contribution in [0, 0.1) is 0 Å². The molecule has 1 amide bonds. The number of hydrogen-bond donors (Lipinski definition) is 12. The maximum absolute atomic E-state index is 13.0. The van der Waals surface area contributed by atoms with Crippen LogP contribution in [0.15, 0.2) is 12.2 Å². The summed E-state index contributed by atoms with van der Waals surface area (Å²) >= 11 is 0. The lowest BCUT2D eigenvalue weighted by Gasteiger charge is -2.48. The highest BCUT2D eigenvalue weighted by atomic mass is 16.8. The molecule has 3 saturated heterocycles. The number of amides is 1. The number of allylic oxidation sites excluding steroid dienone is 1. The van der Waals surface area contributed by atoms with Gasteiger partial charge in [0.25, 0.3) is 0 Å². The van der Waals surface area contributed by atoms with Crippen molar-refractivity contribution in [2.75, 3.05) is 26.4 Å². The van der Waals surface area contributed by atoms with E-state index < -0.39 is 124 Å². The number of ether oxygens (including phenoxy) is 6. The number of carbonyl (C=O) groups is 1. The molecule has 65 heavy (non-hydrogen) atoms. The number of carbonyl (C=O) groups excluding carboxylic acids is 1. The van der Waals surface area contributed by atoms with Crippen LogP contribution in [0.25, 0.3) is 0 Å². The molecule has 0 aromatic heterocycles. The van der Waals surface area contributed by atoms with Crippen LogP contribution < -0.4 is 5.32 Å². The predicted molar refractivity (Wildman–Crippen MR) is 236 cm³/mol. The van der Waals surface area contributed by atoms with Crippen LogP contribution in [0.2, 0.25) is 0 Å². The molecule has 17 unspecified atom stereocenters. The Hall–Kier alpha value is -1.47. The molecule has 19 heteroatoms. The van der Waals surface area contributed by atoms with Crippen LogP contribution in [-0.2, 0) is 33.2 Å². The Labute approximate surface area is 385 Å². The zero-order chi connectivity index (χ0) is 47.7. The van der Waals surface area contributed by atoms with Crippen molar-refractivity contribution in [1.29, 1.82) is 0 Å². The Balaban J connectivity index is 1.55. The first kappa shape index (κ1) is 57.8. The van der Waals surface area contributed by atoms with E-state index in [0.29, 0.717) is 6.42 Å². The third-order valence-electron chi connectivity index (χ3n) is 12.6. The van der Waals surface area contributed by atoms with Crippen molar-refractivity contribution < 1.29 is 89.4 Å². The van der Waals surface area contributed by atoms with E-state index in [9.17, 15) is 61.0 Å². The Bertz CT molecular complexity index is 1260. The molecule has 0 aromatic rings. The zero-order valence-electron chi connectivity index (χ0n) is 38.7. The molecule has 3 aliphatic rings. The minimum absolute atomic E-state index is 0.240. The summed E-state index contributed by atoms with van der Waals surface area (Å²) in [4.78, 5) is 13.0. The molecular formula is C46H85NO18. The van der Waals surface area contributed by atoms with Gasteiger partial charge in [0.1, 0.15) is 73.2 Å². The maximum Gasteiger partial charge on any atom is 0.220 e. The molecule has 17 atom stereocenters. The molecule has 0 bridgehead atoms. The monoisotopic (exact) mass is 940 g/mol. The molecule has 3 fully saturated rings. The average molecular weight is 940 g/mol. The van der Waals surface area contributed by atoms with Crippen LogP contribution in [0.3, 0.4) is 0 Å². The molecule has 19 nitrogen and oxygen atoms in total. The molecule has 382 valence electrons. The predicted octanol–water partition coefficient (Wildman–Crippen LogP) is 0.695. The molecule has 3 aliphatic heterocycles. The molecule has 0 spiro atoms. The second kappa shape index (κ2) is 32.4. The summed E-state index contributed by atoms with van der Waals surface area (Å²) in [5, 5.41) is 119. The number of unbranched alkanes of at least 4 members (excludes halogenated alkanes) is 17. The van der Waals surface area contributed by atoms with Gasteiger partial charge in [0.05, 0.1) is 38.6 Å². The SMILES string of the molecule is CCCCCCCCCCCCCCC/C=C/C(O)C(COC1OC(CO)C(OC2OC(CO)C(OC3OC(CO)C(O)C(O)C3O)C(O)C2O)C(O)C1O)NC(=O)CCCCCCC. The van der Waals surface area contributed by atoms with E-state index in [1.165, 1.54) is 64.2 Å². The zero-order valence-corrected chi connectivity index (χ0v) is 38.7. The quantitative estimate of drug-likeness (QED) is 0.0318. The summed E-state index contributed by atoms with van der Waals surface area (Å²) in [5.74, 6) is -0.291. The largest absolute Gasteiger partial charge is 0.394 e. The molecule has 3 heterocycles. The van der Waals surface area contributed by atoms with Gasteiger partial charge in [-0.05, 0) is 19.3 Å². The van der Waals surface area contributed by atoms with Gasteiger partial charge in [-0.1, -0.05) is 129 Å². The van der Waals surface area contributed by atoms with Crippen LogP contribution in [0.4, 0.5) is 0 Å². The van der Waals surface area contributed by atoms with E-state index in [0.717, 1.165) is 51.4 Å². The molecule has 12 N–H and O–H groups in total. The summed E-state index contributed by atoms with van der Waals surface area (Å²) in [6.07, 6.45) is -1.46. The van der Waals surface area contributed by atoms with Crippen LogP contribution >= 0.6 is 0 Å². The van der Waals surface area contributed by atoms with E-state index in [2.05, 4.69) is 19.2 Å². The Morgan fingerprint density at radius 2 is 0.954 bits per heavy atom. The van der Waals surface area contributed by atoms with Crippen molar-refractivity contribution in [3.63, 3.8) is 0 Å². The van der Waals surface area contributed by atoms with Gasteiger partial charge in [0.15, 0.2) is 18.9 Å². The Kier molecular flexibility index (Phi) is 28.8. The fraction of sp³-hybridized carbons (Fsp3) is 0.935. The van der Waals surface area contributed by atoms with Gasteiger partial charge in [0.2, 0.25) is 5.91 Å². The van der Waals surface area contributed by atoms with E-state index in [1.54, 1.807) is 6.08 Å². The molecular weight excluding hydrogens is 854 g/mol. The summed E-state index contributed by atoms with van der Waals surface area (Å²) < 4.78 is 33.9. The van der Waals surface area contributed by atoms with Crippen molar-refractivity contribution in [2.24, 2.45) is 0 Å². The lowest BCUT2D eigenvalue weighted by molar-refractivity contribution is -0.379. The van der Waals surface area contributed by atoms with Gasteiger partial charge < -0.3 is 89.9 Å². The van der Waals surface area contributed by atoms with Crippen molar-refractivity contribution in [3.05, 3.63) is 12.2 Å². The molecule has 0 saturated carbocycles. The molecule has 0 aromatic carbocycles. The van der Waals surface area contributed by atoms with Crippen LogP contribution in [0.5, 0.6) is 0 Å². The first-order valence-corrected chi connectivity index (χ1v) is 24.4. The minimum Gasteiger partial charge on any atom is -0.394 e. The topological polar surface area (TPSA) is 307 Å². The van der Waals surface area contributed by atoms with Gasteiger partial charge >= 0.3 is 0 Å². The van der Waals surface area contributed by atoms with E-state index in [4.69, 9.17) is 28.4 Å². The second-order valence-electron chi connectivity index (χ2n) is 17.9. The summed E-state index contributed by atoms with van der Waals surface area (Å²) in [6, 6.07) is -0.962. The van der Waals surface area contributed by atoms with E-state index in [-0.39, 0.29) is 18.9 Å². The standard InChI is InChI=1S/C46H85NO18/c1-3-5-7-9-10-11-12-13-14-15-16-17-18-20-21-23-30(51)29(47-34(52)24-22-19-8-6-4-2)28-60-44-40(58)37(55)42(32(26-49)62-44)65-46-41(59)38(56)43(33(27-50)63-46)64-45-39(57)36(54)35(53)31(25-48)61-45/h21,23,29-33,35-46,48-51,53-59H,3-20,22,24-28H2,1-2H3,(H,47,52)/b23-21+. The second-order valence-corrected chi connectivity index (χ2v) is 17.9. The fourth-order valence-corrected chi connectivity index (χ4v) is 8.42. The first-order chi connectivity index (χ1) is 31.3. The normalized spacial score (nSPS) is 34.2. The maximum atomic E-state index is 13.0. The Morgan fingerprint density at radius 3 is 1.45 bits per heavy atom. The highest BCUT2D eigenvalue weighted by Crippen LogP contribution is 2.33. The number of hydrogen-bond acceptors (Lipinski definition) is 18. The van der Waals surface area contributed by atoms with Crippen LogP contribution in [-0.4, -0.2) is 193 Å². The van der Waals surface area contributed by atoms with Gasteiger partial charge in [-0.2, -0.15) is 0 Å². The van der Waals surface area contributed by atoms with Crippen LogP contribution in [0.1, 0.15) is 142 Å². The lowest BCUT2D eigenvalue weighted by Crippen LogP contribution is -2.66. The molecule has 0 aliphatic carbocycles. The number of nitrogens with one attached hydrogen (secondary N) is 1. The third-order valence-corrected chi connectivity index (χ3v) is 12.6. The van der Waals surface area contributed by atoms with Crippen molar-refractivity contribution >= 4 is 5.91 Å². The summed E-state index contributed by atoms with van der Waals surface area (Å²) in [6.45, 7) is 1.57. The Morgan fingerprint density at radius 1 is 0.538 bits per heavy atom. The number of aliphatic hydroxyl groups excluding tert-OH is 11. The van der Waals surface area contributed by atoms with E-state index in [1.807, 2.05) is 6.08 Å². The van der Waals surface area contributed by atoms with Gasteiger partial charge in [-0.15, -0.1) is 0 Å². The minimum atomic E-state index is -1.97. The summed E-state index contributed by atoms with van der Waals surface area (Å²) in [5.41, 5.74) is 0. The average Bonchev–Trinajstić information content (AvgIpc) is 3.30. The molecule has 0 radical (unpaired) electrons. The molecule has 3 rings (SSSR count). The number of rotatable bonds is 33. The number of aliphatic hydroxyl groups is 11. The van der Waals surface area contributed by atoms with Gasteiger partial charge in [-0.25, -0.2) is 0 Å². The van der Waals surface area contributed by atoms with Crippen molar-refractivity contribution in [3.8, 4) is 0 Å². The highest BCUT2D eigenvalue weighted by molar-refractivity contribution is 5.76. The highest BCUT2D eigenvalue weighted by Gasteiger charge is 2.53. The fourth-order valence-electron chi connectivity index (χ4n) is 8.42. The van der Waals surface area contributed by atoms with Crippen molar-refractivity contribution in [1.82, 2.24) is 5.32 Å². The van der Waals surface area contributed by atoms with Gasteiger partial charge in [0, 0.05) is 6.42 Å². The van der Waals surface area contributed by atoms with Gasteiger partial charge in [-0.3, -0.25) is 4.79 Å².